The van der Waals surface area contributed by atoms with Gasteiger partial charge in [-0.25, -0.2) is 14.8 Å². The van der Waals surface area contributed by atoms with Crippen molar-refractivity contribution in [3.63, 3.8) is 0 Å². The number of nitrogens with zero attached hydrogens (tertiary/aromatic N) is 4. The Labute approximate surface area is 259 Å². The summed E-state index contributed by atoms with van der Waals surface area (Å²) in [6.45, 7) is 14.1. The SMILES string of the molecule is [C-]#[N+]c1c(N)nc(SCc2nc(-c3ccc(OC)c(OC)c3)oc2C)c(C#N)c1-c1ccc(OC[C@@H]2COC(C)(C)O2)cc1. The number of hydrogen-bond acceptors (Lipinski definition) is 11. The van der Waals surface area contributed by atoms with Crippen LogP contribution < -0.4 is 19.9 Å². The van der Waals surface area contributed by atoms with Gasteiger partial charge in [-0.15, -0.1) is 0 Å². The highest BCUT2D eigenvalue weighted by molar-refractivity contribution is 7.98. The van der Waals surface area contributed by atoms with E-state index < -0.39 is 5.79 Å². The number of pyridine rings is 1. The molecule has 1 aliphatic heterocycles. The summed E-state index contributed by atoms with van der Waals surface area (Å²) in [4.78, 5) is 12.7. The van der Waals surface area contributed by atoms with Gasteiger partial charge in [0.05, 0.1) is 38.7 Å². The molecule has 12 heteroatoms. The first-order valence-corrected chi connectivity index (χ1v) is 14.6. The molecule has 44 heavy (non-hydrogen) atoms. The molecule has 2 N–H and O–H groups in total. The zero-order valence-electron chi connectivity index (χ0n) is 25.0. The van der Waals surface area contributed by atoms with Crippen LogP contribution in [-0.4, -0.2) is 49.3 Å². The summed E-state index contributed by atoms with van der Waals surface area (Å²) < 4.78 is 33.9. The largest absolute Gasteiger partial charge is 0.493 e. The predicted octanol–water partition coefficient (Wildman–Crippen LogP) is 6.56. The average molecular weight is 614 g/mol. The van der Waals surface area contributed by atoms with E-state index in [0.717, 1.165) is 5.56 Å². The molecule has 11 nitrogen and oxygen atoms in total. The van der Waals surface area contributed by atoms with Crippen LogP contribution in [0.5, 0.6) is 17.2 Å². The molecule has 0 saturated carbocycles. The third kappa shape index (κ3) is 6.43. The van der Waals surface area contributed by atoms with Crippen molar-refractivity contribution in [2.45, 2.75) is 43.4 Å². The van der Waals surface area contributed by atoms with Crippen LogP contribution in [0, 0.1) is 24.8 Å². The molecular weight excluding hydrogens is 582 g/mol. The maximum Gasteiger partial charge on any atom is 0.236 e. The average Bonchev–Trinajstić information content (AvgIpc) is 3.58. The fourth-order valence-electron chi connectivity index (χ4n) is 4.72. The number of methoxy groups -OCH3 is 2. The van der Waals surface area contributed by atoms with E-state index in [0.29, 0.717) is 69.7 Å². The summed E-state index contributed by atoms with van der Waals surface area (Å²) in [5.41, 5.74) is 9.08. The molecule has 3 heterocycles. The monoisotopic (exact) mass is 613 g/mol. The molecule has 4 aromatic rings. The van der Waals surface area contributed by atoms with Gasteiger partial charge < -0.3 is 33.8 Å². The van der Waals surface area contributed by atoms with E-state index >= 15 is 0 Å². The van der Waals surface area contributed by atoms with Gasteiger partial charge in [-0.3, -0.25) is 0 Å². The number of benzene rings is 2. The Balaban J connectivity index is 1.37. The van der Waals surface area contributed by atoms with Gasteiger partial charge in [0.25, 0.3) is 0 Å². The first kappa shape index (κ1) is 30.7. The van der Waals surface area contributed by atoms with Crippen LogP contribution in [0.15, 0.2) is 51.9 Å². The third-order valence-corrected chi connectivity index (χ3v) is 7.89. The molecule has 0 radical (unpaired) electrons. The molecule has 0 amide bonds. The number of nitrogen functional groups attached to an aromatic ring is 1. The zero-order valence-corrected chi connectivity index (χ0v) is 25.8. The second kappa shape index (κ2) is 12.9. The van der Waals surface area contributed by atoms with Gasteiger partial charge in [-0.1, -0.05) is 23.9 Å². The maximum atomic E-state index is 10.2. The van der Waals surface area contributed by atoms with E-state index in [1.807, 2.05) is 26.8 Å². The summed E-state index contributed by atoms with van der Waals surface area (Å²) in [5, 5.41) is 10.6. The highest BCUT2D eigenvalue weighted by atomic mass is 32.2. The lowest BCUT2D eigenvalue weighted by Crippen LogP contribution is -2.25. The van der Waals surface area contributed by atoms with E-state index in [1.165, 1.54) is 11.8 Å². The van der Waals surface area contributed by atoms with Gasteiger partial charge in [-0.2, -0.15) is 5.26 Å². The Morgan fingerprint density at radius 1 is 1.11 bits per heavy atom. The molecule has 2 aromatic heterocycles. The number of anilines is 1. The van der Waals surface area contributed by atoms with E-state index in [-0.39, 0.29) is 23.2 Å². The Hall–Kier alpha value is -4.75. The highest BCUT2D eigenvalue weighted by Gasteiger charge is 2.33. The van der Waals surface area contributed by atoms with Crippen molar-refractivity contribution in [2.75, 3.05) is 33.2 Å². The molecule has 0 aliphatic carbocycles. The number of nitriles is 1. The van der Waals surface area contributed by atoms with Crippen LogP contribution in [0.3, 0.4) is 0 Å². The standard InChI is InChI=1S/C32H31N5O6S/c1-18-24(36-30(42-18)20-9-12-25(38-5)26(13-20)39-6)17-44-31-23(14-33)27(28(35-4)29(34)37-31)19-7-10-21(11-8-19)40-15-22-16-41-32(2,3)43-22/h7-13,22H,15-17H2,1-3,5-6H3,(H2,34,37)/t22-/m1/s1. The molecule has 226 valence electrons. The number of nitrogens with two attached hydrogens (primary N) is 1. The van der Waals surface area contributed by atoms with Gasteiger partial charge in [0.2, 0.25) is 11.6 Å². The molecule has 1 atom stereocenters. The van der Waals surface area contributed by atoms with Crippen molar-refractivity contribution in [3.8, 4) is 45.9 Å². The lowest BCUT2D eigenvalue weighted by atomic mass is 10.00. The molecule has 1 saturated heterocycles. The van der Waals surface area contributed by atoms with Gasteiger partial charge in [0.1, 0.15) is 41.1 Å². The molecule has 2 aromatic carbocycles. The third-order valence-electron chi connectivity index (χ3n) is 6.90. The highest BCUT2D eigenvalue weighted by Crippen LogP contribution is 2.42. The number of thioether (sulfide) groups is 1. The van der Waals surface area contributed by atoms with Gasteiger partial charge in [0, 0.05) is 16.9 Å². The van der Waals surface area contributed by atoms with Gasteiger partial charge >= 0.3 is 0 Å². The molecule has 5 rings (SSSR count). The van der Waals surface area contributed by atoms with Crippen LogP contribution in [0.4, 0.5) is 11.5 Å². The Kier molecular flexibility index (Phi) is 8.97. The van der Waals surface area contributed by atoms with Crippen LogP contribution in [0.2, 0.25) is 0 Å². The number of hydrogen-bond donors (Lipinski definition) is 1. The van der Waals surface area contributed by atoms with Crippen molar-refractivity contribution in [1.82, 2.24) is 9.97 Å². The Morgan fingerprint density at radius 3 is 2.48 bits per heavy atom. The Morgan fingerprint density at radius 2 is 1.84 bits per heavy atom. The molecule has 1 fully saturated rings. The fraction of sp³-hybridized carbons (Fsp3) is 0.312. The summed E-state index contributed by atoms with van der Waals surface area (Å²) in [7, 11) is 3.14. The number of rotatable bonds is 10. The normalized spacial score (nSPS) is 15.4. The van der Waals surface area contributed by atoms with Crippen LogP contribution in [0.25, 0.3) is 27.4 Å². The lowest BCUT2D eigenvalue weighted by Gasteiger charge is -2.17. The van der Waals surface area contributed by atoms with Crippen LogP contribution in [0.1, 0.15) is 30.9 Å². The maximum absolute atomic E-state index is 10.2. The quantitative estimate of drug-likeness (QED) is 0.154. The minimum atomic E-state index is -0.627. The lowest BCUT2D eigenvalue weighted by molar-refractivity contribution is -0.141. The predicted molar refractivity (Wildman–Crippen MR) is 165 cm³/mol. The van der Waals surface area contributed by atoms with Crippen molar-refractivity contribution >= 4 is 23.3 Å². The molecule has 1 aliphatic rings. The van der Waals surface area contributed by atoms with Gasteiger partial charge in [-0.05, 0) is 56.7 Å². The molecule has 0 bridgehead atoms. The second-order valence-electron chi connectivity index (χ2n) is 10.3. The van der Waals surface area contributed by atoms with Crippen molar-refractivity contribution in [2.24, 2.45) is 0 Å². The number of aromatic nitrogens is 2. The van der Waals surface area contributed by atoms with E-state index in [9.17, 15) is 5.26 Å². The van der Waals surface area contributed by atoms with E-state index in [4.69, 9.17) is 40.4 Å². The first-order chi connectivity index (χ1) is 21.2. The van der Waals surface area contributed by atoms with Crippen LogP contribution >= 0.6 is 11.8 Å². The molecule has 0 spiro atoms. The molecule has 0 unspecified atom stereocenters. The van der Waals surface area contributed by atoms with Crippen molar-refractivity contribution in [1.29, 1.82) is 5.26 Å². The second-order valence-corrected chi connectivity index (χ2v) is 11.3. The van der Waals surface area contributed by atoms with Gasteiger partial charge in [0.15, 0.2) is 17.3 Å². The fourth-order valence-corrected chi connectivity index (χ4v) is 5.71. The minimum absolute atomic E-state index is 0.0423. The summed E-state index contributed by atoms with van der Waals surface area (Å²) >= 11 is 1.29. The van der Waals surface area contributed by atoms with E-state index in [1.54, 1.807) is 50.6 Å². The minimum Gasteiger partial charge on any atom is -0.493 e. The smallest absolute Gasteiger partial charge is 0.236 e. The first-order valence-electron chi connectivity index (χ1n) is 13.6. The van der Waals surface area contributed by atoms with Crippen LogP contribution in [-0.2, 0) is 15.2 Å². The summed E-state index contributed by atoms with van der Waals surface area (Å²) in [5.74, 6) is 2.60. The number of aryl methyl sites for hydroxylation is 1. The van der Waals surface area contributed by atoms with Crippen molar-refractivity contribution in [3.05, 3.63) is 70.9 Å². The topological polar surface area (TPSA) is 139 Å². The molecular formula is C32H31N5O6S. The number of ether oxygens (including phenoxy) is 5. The zero-order chi connectivity index (χ0) is 31.4. The summed E-state index contributed by atoms with van der Waals surface area (Å²) in [6, 6.07) is 14.8. The Bertz CT molecular complexity index is 1760. The van der Waals surface area contributed by atoms with E-state index in [2.05, 4.69) is 20.9 Å². The summed E-state index contributed by atoms with van der Waals surface area (Å²) in [6.07, 6.45) is -0.174. The number of oxazole rings is 1. The van der Waals surface area contributed by atoms with Crippen molar-refractivity contribution < 1.29 is 28.1 Å².